The van der Waals surface area contributed by atoms with Gasteiger partial charge in [-0.05, 0) is 18.9 Å². The molecular weight excluding hydrogens is 483 g/mol. The minimum atomic E-state index is 0. The number of rotatable bonds is 6. The van der Waals surface area contributed by atoms with Crippen LogP contribution in [-0.4, -0.2) is 55.6 Å². The summed E-state index contributed by atoms with van der Waals surface area (Å²) in [6, 6.07) is 11.6. The highest BCUT2D eigenvalue weighted by Crippen LogP contribution is 2.20. The Balaban J connectivity index is 0.00000280. The molecule has 0 bridgehead atoms. The van der Waals surface area contributed by atoms with Gasteiger partial charge >= 0.3 is 0 Å². The molecule has 2 unspecified atom stereocenters. The van der Waals surface area contributed by atoms with Crippen molar-refractivity contribution in [1.29, 1.82) is 0 Å². The van der Waals surface area contributed by atoms with Crippen LogP contribution < -0.4 is 15.5 Å². The summed E-state index contributed by atoms with van der Waals surface area (Å²) in [5.74, 6) is 0.841. The highest BCUT2D eigenvalue weighted by Gasteiger charge is 2.29. The van der Waals surface area contributed by atoms with Gasteiger partial charge in [0.15, 0.2) is 11.1 Å². The van der Waals surface area contributed by atoms with Crippen molar-refractivity contribution in [1.82, 2.24) is 20.5 Å². The van der Waals surface area contributed by atoms with Gasteiger partial charge in [-0.1, -0.05) is 30.3 Å². The molecule has 28 heavy (non-hydrogen) atoms. The van der Waals surface area contributed by atoms with E-state index >= 15 is 0 Å². The molecule has 0 radical (unpaired) electrons. The number of aliphatic imine (C=N–C) groups is 1. The van der Waals surface area contributed by atoms with E-state index in [0.717, 1.165) is 36.3 Å². The summed E-state index contributed by atoms with van der Waals surface area (Å²) < 4.78 is 0. The maximum Gasteiger partial charge on any atom is 0.191 e. The number of aromatic nitrogens is 1. The van der Waals surface area contributed by atoms with Gasteiger partial charge in [0.25, 0.3) is 0 Å². The average Bonchev–Trinajstić information content (AvgIpc) is 3.27. The van der Waals surface area contributed by atoms with Crippen molar-refractivity contribution in [2.45, 2.75) is 38.5 Å². The SMILES string of the molecule is CN=C(NCc1csc(N(C)C)n1)NC1CC(C)N(Cc2ccccc2)C1.I. The second-order valence-electron chi connectivity index (χ2n) is 7.28. The first-order valence-corrected chi connectivity index (χ1v) is 10.3. The molecule has 0 amide bonds. The van der Waals surface area contributed by atoms with E-state index in [0.29, 0.717) is 18.6 Å². The molecule has 3 rings (SSSR count). The number of anilines is 1. The molecule has 8 heteroatoms. The Labute approximate surface area is 189 Å². The summed E-state index contributed by atoms with van der Waals surface area (Å²) in [6.45, 7) is 5.01. The molecule has 6 nitrogen and oxygen atoms in total. The second-order valence-corrected chi connectivity index (χ2v) is 8.12. The lowest BCUT2D eigenvalue weighted by Crippen LogP contribution is -2.44. The molecule has 1 aromatic carbocycles. The summed E-state index contributed by atoms with van der Waals surface area (Å²) in [6.07, 6.45) is 1.12. The Bertz CT molecular complexity index is 748. The molecule has 1 saturated heterocycles. The number of benzene rings is 1. The Kier molecular flexibility index (Phi) is 8.97. The van der Waals surface area contributed by atoms with E-state index in [-0.39, 0.29) is 24.0 Å². The first-order chi connectivity index (χ1) is 13.0. The number of guanidine groups is 1. The molecule has 154 valence electrons. The van der Waals surface area contributed by atoms with E-state index in [2.05, 4.69) is 68.1 Å². The van der Waals surface area contributed by atoms with Crippen molar-refractivity contribution in [3.8, 4) is 0 Å². The van der Waals surface area contributed by atoms with Crippen molar-refractivity contribution in [2.75, 3.05) is 32.6 Å². The van der Waals surface area contributed by atoms with E-state index in [1.54, 1.807) is 11.3 Å². The number of likely N-dealkylation sites (tertiary alicyclic amines) is 1. The normalized spacial score (nSPS) is 19.9. The third kappa shape index (κ3) is 6.31. The first-order valence-electron chi connectivity index (χ1n) is 9.42. The molecule has 1 aliphatic rings. The molecule has 2 N–H and O–H groups in total. The molecule has 2 atom stereocenters. The van der Waals surface area contributed by atoms with Crippen molar-refractivity contribution < 1.29 is 0 Å². The third-order valence-corrected chi connectivity index (χ3v) is 5.91. The fourth-order valence-corrected chi connectivity index (χ4v) is 4.14. The highest BCUT2D eigenvalue weighted by atomic mass is 127. The quantitative estimate of drug-likeness (QED) is 0.353. The maximum absolute atomic E-state index is 4.61. The van der Waals surface area contributed by atoms with E-state index in [4.69, 9.17) is 0 Å². The molecule has 0 aliphatic carbocycles. The third-order valence-electron chi connectivity index (χ3n) is 4.86. The number of hydrogen-bond donors (Lipinski definition) is 2. The number of hydrogen-bond acceptors (Lipinski definition) is 5. The molecule has 2 heterocycles. The molecular formula is C20H31IN6S. The van der Waals surface area contributed by atoms with Crippen LogP contribution in [0.3, 0.4) is 0 Å². The monoisotopic (exact) mass is 514 g/mol. The number of halogens is 1. The van der Waals surface area contributed by atoms with Crippen LogP contribution >= 0.6 is 35.3 Å². The lowest BCUT2D eigenvalue weighted by molar-refractivity contribution is 0.258. The van der Waals surface area contributed by atoms with E-state index in [9.17, 15) is 0 Å². The van der Waals surface area contributed by atoms with E-state index < -0.39 is 0 Å². The number of nitrogens with one attached hydrogen (secondary N) is 2. The summed E-state index contributed by atoms with van der Waals surface area (Å²) in [4.78, 5) is 13.6. The van der Waals surface area contributed by atoms with Gasteiger partial charge in [-0.25, -0.2) is 4.98 Å². The maximum atomic E-state index is 4.61. The lowest BCUT2D eigenvalue weighted by atomic mass is 10.2. The zero-order chi connectivity index (χ0) is 19.2. The van der Waals surface area contributed by atoms with Crippen LogP contribution in [0.4, 0.5) is 5.13 Å². The van der Waals surface area contributed by atoms with Gasteiger partial charge in [0.1, 0.15) is 0 Å². The first kappa shape index (κ1) is 22.9. The zero-order valence-electron chi connectivity index (χ0n) is 17.1. The van der Waals surface area contributed by atoms with Gasteiger partial charge in [0.05, 0.1) is 12.2 Å². The van der Waals surface area contributed by atoms with Crippen molar-refractivity contribution in [3.05, 3.63) is 47.0 Å². The standard InChI is InChI=1S/C20H30N6S.HI/c1-15-10-17(13-26(15)12-16-8-6-5-7-9-16)23-19(21-2)22-11-18-14-27-20(24-18)25(3)4;/h5-9,14-15,17H,10-13H2,1-4H3,(H2,21,22,23);1H. The molecule has 0 spiro atoms. The minimum absolute atomic E-state index is 0. The second kappa shape index (κ2) is 11.0. The highest BCUT2D eigenvalue weighted by molar-refractivity contribution is 14.0. The minimum Gasteiger partial charge on any atom is -0.354 e. The summed E-state index contributed by atoms with van der Waals surface area (Å²) >= 11 is 1.66. The summed E-state index contributed by atoms with van der Waals surface area (Å²) in [7, 11) is 5.85. The van der Waals surface area contributed by atoms with E-state index in [1.807, 2.05) is 26.0 Å². The van der Waals surface area contributed by atoms with Gasteiger partial charge in [-0.15, -0.1) is 35.3 Å². The number of nitrogens with zero attached hydrogens (tertiary/aromatic N) is 4. The van der Waals surface area contributed by atoms with Crippen LogP contribution in [0.1, 0.15) is 24.6 Å². The van der Waals surface area contributed by atoms with Crippen LogP contribution in [0.25, 0.3) is 0 Å². The van der Waals surface area contributed by atoms with Crippen LogP contribution in [0, 0.1) is 0 Å². The number of thiazole rings is 1. The smallest absolute Gasteiger partial charge is 0.191 e. The Hall–Kier alpha value is -1.39. The predicted molar refractivity (Wildman–Crippen MR) is 130 cm³/mol. The van der Waals surface area contributed by atoms with Gasteiger partial charge in [-0.3, -0.25) is 9.89 Å². The van der Waals surface area contributed by atoms with Crippen LogP contribution in [-0.2, 0) is 13.1 Å². The van der Waals surface area contributed by atoms with Crippen LogP contribution in [0.2, 0.25) is 0 Å². The predicted octanol–water partition coefficient (Wildman–Crippen LogP) is 3.16. The Morgan fingerprint density at radius 3 is 2.71 bits per heavy atom. The zero-order valence-corrected chi connectivity index (χ0v) is 20.2. The molecule has 1 fully saturated rings. The fraction of sp³-hybridized carbons (Fsp3) is 0.500. The Morgan fingerprint density at radius 2 is 2.07 bits per heavy atom. The van der Waals surface area contributed by atoms with Crippen molar-refractivity contribution in [2.24, 2.45) is 4.99 Å². The van der Waals surface area contributed by atoms with Crippen LogP contribution in [0.5, 0.6) is 0 Å². The van der Waals surface area contributed by atoms with E-state index in [1.165, 1.54) is 5.56 Å². The summed E-state index contributed by atoms with van der Waals surface area (Å²) in [5.41, 5.74) is 2.41. The largest absolute Gasteiger partial charge is 0.354 e. The fourth-order valence-electron chi connectivity index (χ4n) is 3.39. The lowest BCUT2D eigenvalue weighted by Gasteiger charge is -2.21. The molecule has 0 saturated carbocycles. The van der Waals surface area contributed by atoms with Gasteiger partial charge in [-0.2, -0.15) is 0 Å². The van der Waals surface area contributed by atoms with Crippen molar-refractivity contribution in [3.63, 3.8) is 0 Å². The average molecular weight is 514 g/mol. The summed E-state index contributed by atoms with van der Waals surface area (Å²) in [5, 5.41) is 10.1. The van der Waals surface area contributed by atoms with Crippen molar-refractivity contribution >= 4 is 46.4 Å². The Morgan fingerprint density at radius 1 is 1.32 bits per heavy atom. The topological polar surface area (TPSA) is 55.8 Å². The van der Waals surface area contributed by atoms with Gasteiger partial charge in [0, 0.05) is 51.7 Å². The molecule has 1 aliphatic heterocycles. The van der Waals surface area contributed by atoms with Crippen LogP contribution in [0.15, 0.2) is 40.7 Å². The van der Waals surface area contributed by atoms with Gasteiger partial charge < -0.3 is 15.5 Å². The molecule has 2 aromatic rings. The molecule has 1 aromatic heterocycles. The van der Waals surface area contributed by atoms with Gasteiger partial charge in [0.2, 0.25) is 0 Å².